The molecule has 3 rings (SSSR count). The molecule has 1 aliphatic carbocycles. The Morgan fingerprint density at radius 2 is 1.62 bits per heavy atom. The van der Waals surface area contributed by atoms with Crippen molar-refractivity contribution >= 4 is 29.3 Å². The van der Waals surface area contributed by atoms with Gasteiger partial charge >= 0.3 is 0 Å². The highest BCUT2D eigenvalue weighted by Crippen LogP contribution is 2.23. The Kier molecular flexibility index (Phi) is 9.56. The lowest BCUT2D eigenvalue weighted by molar-refractivity contribution is -0.118. The maximum absolute atomic E-state index is 12.9. The van der Waals surface area contributed by atoms with Crippen LogP contribution >= 0.6 is 11.8 Å². The summed E-state index contributed by atoms with van der Waals surface area (Å²) in [5.41, 5.74) is 2.91. The van der Waals surface area contributed by atoms with Gasteiger partial charge in [0.25, 0.3) is 0 Å². The smallest absolute Gasteiger partial charge is 0.234 e. The predicted octanol–water partition coefficient (Wildman–Crippen LogP) is 4.58. The van der Waals surface area contributed by atoms with Gasteiger partial charge in [0.2, 0.25) is 11.8 Å². The summed E-state index contributed by atoms with van der Waals surface area (Å²) < 4.78 is 12.9. The zero-order valence-electron chi connectivity index (χ0n) is 18.6. The minimum atomic E-state index is -0.351. The second-order valence-corrected chi connectivity index (χ2v) is 9.29. The summed E-state index contributed by atoms with van der Waals surface area (Å²) >= 11 is 1.25. The Morgan fingerprint density at radius 3 is 2.34 bits per heavy atom. The van der Waals surface area contributed by atoms with Crippen LogP contribution in [0.2, 0.25) is 0 Å². The molecule has 2 aromatic rings. The van der Waals surface area contributed by atoms with Gasteiger partial charge in [-0.15, -0.1) is 11.8 Å². The number of benzene rings is 2. The molecule has 7 heteroatoms. The molecule has 1 fully saturated rings. The fourth-order valence-corrected chi connectivity index (χ4v) is 4.66. The van der Waals surface area contributed by atoms with Gasteiger partial charge in [-0.3, -0.25) is 14.5 Å². The molecule has 2 aromatic carbocycles. The third-order valence-corrected chi connectivity index (χ3v) is 6.74. The molecule has 0 bridgehead atoms. The Morgan fingerprint density at radius 1 is 0.969 bits per heavy atom. The predicted molar refractivity (Wildman–Crippen MR) is 129 cm³/mol. The van der Waals surface area contributed by atoms with Gasteiger partial charge in [-0.25, -0.2) is 4.39 Å². The zero-order chi connectivity index (χ0) is 22.8. The summed E-state index contributed by atoms with van der Waals surface area (Å²) in [4.78, 5) is 26.7. The van der Waals surface area contributed by atoms with Gasteiger partial charge in [0, 0.05) is 24.8 Å². The van der Waals surface area contributed by atoms with Crippen LogP contribution in [0.3, 0.4) is 0 Å². The van der Waals surface area contributed by atoms with Crippen LogP contribution in [0.5, 0.6) is 0 Å². The summed E-state index contributed by atoms with van der Waals surface area (Å²) in [5.74, 6) is -0.295. The maximum atomic E-state index is 12.9. The largest absolute Gasteiger partial charge is 0.351 e. The van der Waals surface area contributed by atoms with E-state index in [1.54, 1.807) is 0 Å². The van der Waals surface area contributed by atoms with E-state index in [9.17, 15) is 14.0 Å². The highest BCUT2D eigenvalue weighted by molar-refractivity contribution is 8.00. The lowest BCUT2D eigenvalue weighted by Crippen LogP contribution is -2.33. The summed E-state index contributed by atoms with van der Waals surface area (Å²) in [6, 6.07) is 14.5. The van der Waals surface area contributed by atoms with E-state index >= 15 is 0 Å². The van der Waals surface area contributed by atoms with Crippen molar-refractivity contribution in [3.8, 4) is 0 Å². The molecule has 0 atom stereocenters. The summed E-state index contributed by atoms with van der Waals surface area (Å²) in [6.45, 7) is 1.37. The third kappa shape index (κ3) is 7.95. The van der Waals surface area contributed by atoms with E-state index in [0.29, 0.717) is 18.3 Å². The van der Waals surface area contributed by atoms with Crippen LogP contribution in [0.25, 0.3) is 0 Å². The van der Waals surface area contributed by atoms with Crippen LogP contribution in [0.4, 0.5) is 10.1 Å². The van der Waals surface area contributed by atoms with Gasteiger partial charge in [-0.05, 0) is 55.3 Å². The van der Waals surface area contributed by atoms with Gasteiger partial charge in [0.15, 0.2) is 0 Å². The number of thioether (sulfide) groups is 1. The minimum absolute atomic E-state index is 0.0972. The Hall–Kier alpha value is -2.38. The van der Waals surface area contributed by atoms with Crippen molar-refractivity contribution in [3.63, 3.8) is 0 Å². The number of nitrogens with zero attached hydrogens (tertiary/aromatic N) is 1. The fraction of sp³-hybridized carbons (Fsp3) is 0.440. The molecule has 0 saturated heterocycles. The molecule has 0 aromatic heterocycles. The van der Waals surface area contributed by atoms with Gasteiger partial charge in [0.1, 0.15) is 5.82 Å². The highest BCUT2D eigenvalue weighted by atomic mass is 32.2. The average molecular weight is 458 g/mol. The summed E-state index contributed by atoms with van der Waals surface area (Å²) in [7, 11) is 2.19. The number of amides is 2. The first kappa shape index (κ1) is 24.3. The molecule has 32 heavy (non-hydrogen) atoms. The number of anilines is 1. The Bertz CT molecular complexity index is 885. The molecule has 0 unspecified atom stereocenters. The summed E-state index contributed by atoms with van der Waals surface area (Å²) in [6.07, 6.45) is 6.50. The zero-order valence-corrected chi connectivity index (χ0v) is 19.4. The van der Waals surface area contributed by atoms with E-state index in [2.05, 4.69) is 34.7 Å². The molecule has 2 N–H and O–H groups in total. The lowest BCUT2D eigenvalue weighted by atomic mass is 9.94. The molecule has 2 amide bonds. The first-order valence-corrected chi connectivity index (χ1v) is 12.3. The molecule has 172 valence electrons. The van der Waals surface area contributed by atoms with Crippen LogP contribution in [-0.4, -0.2) is 41.3 Å². The number of hydrogen-bond acceptors (Lipinski definition) is 4. The average Bonchev–Trinajstić information content (AvgIpc) is 2.80. The molecule has 0 radical (unpaired) electrons. The Labute approximate surface area is 194 Å². The van der Waals surface area contributed by atoms with Crippen molar-refractivity contribution in [1.82, 2.24) is 10.2 Å². The van der Waals surface area contributed by atoms with Crippen molar-refractivity contribution in [2.45, 2.75) is 51.2 Å². The maximum Gasteiger partial charge on any atom is 0.234 e. The standard InChI is InChI=1S/C25H32FN3O2S/c1-29(23-9-3-2-4-10-23)16-20-8-6-5-7-19(20)15-27-24(30)17-32-18-25(31)28-22-13-11-21(26)12-14-22/h5-8,11-14,23H,2-4,9-10,15-18H2,1H3,(H,27,30)(H,28,31). The third-order valence-electron chi connectivity index (χ3n) is 5.81. The second-order valence-electron chi connectivity index (χ2n) is 8.30. The van der Waals surface area contributed by atoms with E-state index in [4.69, 9.17) is 0 Å². The summed E-state index contributed by atoms with van der Waals surface area (Å²) in [5, 5.41) is 5.66. The molecule has 0 spiro atoms. The molecule has 1 aliphatic rings. The monoisotopic (exact) mass is 457 g/mol. The topological polar surface area (TPSA) is 61.4 Å². The van der Waals surface area contributed by atoms with Crippen molar-refractivity contribution in [1.29, 1.82) is 0 Å². The van der Waals surface area contributed by atoms with Crippen LogP contribution in [-0.2, 0) is 22.7 Å². The van der Waals surface area contributed by atoms with Crippen molar-refractivity contribution < 1.29 is 14.0 Å². The van der Waals surface area contributed by atoms with Gasteiger partial charge in [-0.2, -0.15) is 0 Å². The number of rotatable bonds is 10. The van der Waals surface area contributed by atoms with E-state index in [1.807, 2.05) is 12.1 Å². The second kappa shape index (κ2) is 12.6. The van der Waals surface area contributed by atoms with E-state index in [1.165, 1.54) is 73.7 Å². The van der Waals surface area contributed by atoms with Crippen LogP contribution in [0, 0.1) is 5.82 Å². The van der Waals surface area contributed by atoms with Crippen LogP contribution in [0.1, 0.15) is 43.2 Å². The van der Waals surface area contributed by atoms with Gasteiger partial charge in [0.05, 0.1) is 11.5 Å². The minimum Gasteiger partial charge on any atom is -0.351 e. The first-order chi connectivity index (χ1) is 15.5. The van der Waals surface area contributed by atoms with Crippen LogP contribution in [0.15, 0.2) is 48.5 Å². The molecule has 5 nitrogen and oxygen atoms in total. The van der Waals surface area contributed by atoms with Crippen LogP contribution < -0.4 is 10.6 Å². The molecular formula is C25H32FN3O2S. The van der Waals surface area contributed by atoms with Crippen molar-refractivity contribution in [3.05, 3.63) is 65.5 Å². The van der Waals surface area contributed by atoms with E-state index in [-0.39, 0.29) is 29.1 Å². The number of halogens is 1. The first-order valence-electron chi connectivity index (χ1n) is 11.2. The lowest BCUT2D eigenvalue weighted by Gasteiger charge is -2.31. The van der Waals surface area contributed by atoms with Gasteiger partial charge < -0.3 is 10.6 Å². The SMILES string of the molecule is CN(Cc1ccccc1CNC(=O)CSCC(=O)Nc1ccc(F)cc1)C1CCCCC1. The molecule has 1 saturated carbocycles. The molecule has 0 heterocycles. The molecule has 0 aliphatic heterocycles. The normalized spacial score (nSPS) is 14.3. The van der Waals surface area contributed by atoms with Crippen molar-refractivity contribution in [2.24, 2.45) is 0 Å². The van der Waals surface area contributed by atoms with Gasteiger partial charge in [-0.1, -0.05) is 43.5 Å². The van der Waals surface area contributed by atoms with E-state index < -0.39 is 0 Å². The number of hydrogen-bond donors (Lipinski definition) is 2. The number of nitrogens with one attached hydrogen (secondary N) is 2. The molecular weight excluding hydrogens is 425 g/mol. The quantitative estimate of drug-likeness (QED) is 0.548. The highest BCUT2D eigenvalue weighted by Gasteiger charge is 2.18. The number of carbonyl (C=O) groups excluding carboxylic acids is 2. The van der Waals surface area contributed by atoms with E-state index in [0.717, 1.165) is 12.1 Å². The fourth-order valence-electron chi connectivity index (χ4n) is 4.02. The number of carbonyl (C=O) groups is 2. The Balaban J connectivity index is 1.39. The van der Waals surface area contributed by atoms with Crippen molar-refractivity contribution in [2.75, 3.05) is 23.9 Å².